The van der Waals surface area contributed by atoms with Gasteiger partial charge < -0.3 is 10.1 Å². The highest BCUT2D eigenvalue weighted by atomic mass is 16.5. The van der Waals surface area contributed by atoms with E-state index in [0.717, 1.165) is 5.69 Å². The fourth-order valence-electron chi connectivity index (χ4n) is 1.14. The first-order valence-electron chi connectivity index (χ1n) is 4.82. The predicted octanol–water partition coefficient (Wildman–Crippen LogP) is 2.19. The summed E-state index contributed by atoms with van der Waals surface area (Å²) in [6.07, 6.45) is -0.0662. The van der Waals surface area contributed by atoms with Crippen molar-refractivity contribution in [2.45, 2.75) is 6.42 Å². The number of carbonyl (C=O) groups excluding carboxylic acids is 1. The molecule has 0 spiro atoms. The molecule has 0 bridgehead atoms. The first kappa shape index (κ1) is 11.9. The number of benzene rings is 1. The standard InChI is InChI=1S/C11H13N3O2/c1-16-11(15)14-10-5-2-4-9(8-10)13-7-3-6-12/h2,4-5,8,13H,3,7H2,1H3,(H,14,15). The van der Waals surface area contributed by atoms with Crippen molar-refractivity contribution >= 4 is 17.5 Å². The fraction of sp³-hybridized carbons (Fsp3) is 0.273. The average molecular weight is 219 g/mol. The van der Waals surface area contributed by atoms with E-state index in [1.165, 1.54) is 7.11 Å². The highest BCUT2D eigenvalue weighted by molar-refractivity contribution is 5.85. The molecule has 0 aliphatic heterocycles. The highest BCUT2D eigenvalue weighted by Gasteiger charge is 2.00. The van der Waals surface area contributed by atoms with Gasteiger partial charge in [-0.25, -0.2) is 4.79 Å². The summed E-state index contributed by atoms with van der Waals surface area (Å²) in [7, 11) is 1.31. The number of ether oxygens (including phenoxy) is 1. The van der Waals surface area contributed by atoms with Crippen molar-refractivity contribution in [1.82, 2.24) is 0 Å². The molecule has 1 aromatic carbocycles. The summed E-state index contributed by atoms with van der Waals surface area (Å²) in [6.45, 7) is 0.582. The fourth-order valence-corrected chi connectivity index (χ4v) is 1.14. The van der Waals surface area contributed by atoms with Gasteiger partial charge in [-0.3, -0.25) is 5.32 Å². The van der Waals surface area contributed by atoms with Crippen molar-refractivity contribution in [2.75, 3.05) is 24.3 Å². The lowest BCUT2D eigenvalue weighted by molar-refractivity contribution is 0.187. The number of rotatable bonds is 4. The van der Waals surface area contributed by atoms with Crippen LogP contribution in [0, 0.1) is 11.3 Å². The van der Waals surface area contributed by atoms with Crippen LogP contribution in [0.1, 0.15) is 6.42 Å². The lowest BCUT2D eigenvalue weighted by atomic mass is 10.2. The molecule has 0 saturated heterocycles. The summed E-state index contributed by atoms with van der Waals surface area (Å²) in [5.74, 6) is 0. The minimum absolute atomic E-state index is 0.439. The van der Waals surface area contributed by atoms with Crippen LogP contribution in [0.2, 0.25) is 0 Å². The summed E-state index contributed by atoms with van der Waals surface area (Å²) >= 11 is 0. The molecule has 5 nitrogen and oxygen atoms in total. The number of anilines is 2. The van der Waals surface area contributed by atoms with Crippen LogP contribution in [0.15, 0.2) is 24.3 Å². The first-order valence-corrected chi connectivity index (χ1v) is 4.82. The van der Waals surface area contributed by atoms with E-state index in [0.29, 0.717) is 18.7 Å². The van der Waals surface area contributed by atoms with E-state index in [1.807, 2.05) is 12.1 Å². The molecule has 0 unspecified atom stereocenters. The van der Waals surface area contributed by atoms with Crippen LogP contribution in [0.5, 0.6) is 0 Å². The number of nitrogens with zero attached hydrogens (tertiary/aromatic N) is 1. The van der Waals surface area contributed by atoms with Gasteiger partial charge in [-0.1, -0.05) is 6.07 Å². The monoisotopic (exact) mass is 219 g/mol. The van der Waals surface area contributed by atoms with E-state index in [-0.39, 0.29) is 0 Å². The van der Waals surface area contributed by atoms with Gasteiger partial charge in [-0.2, -0.15) is 5.26 Å². The SMILES string of the molecule is COC(=O)Nc1cccc(NCCC#N)c1. The van der Waals surface area contributed by atoms with Crippen molar-refractivity contribution in [2.24, 2.45) is 0 Å². The smallest absolute Gasteiger partial charge is 0.411 e. The molecule has 5 heteroatoms. The Kier molecular flexibility index (Phi) is 4.67. The number of hydrogen-bond donors (Lipinski definition) is 2. The Morgan fingerprint density at radius 1 is 1.50 bits per heavy atom. The second kappa shape index (κ2) is 6.30. The van der Waals surface area contributed by atoms with Crippen LogP contribution in [0.3, 0.4) is 0 Å². The summed E-state index contributed by atoms with van der Waals surface area (Å²) in [5, 5.41) is 14.0. The maximum absolute atomic E-state index is 11.0. The Bertz CT molecular complexity index is 398. The van der Waals surface area contributed by atoms with Crippen molar-refractivity contribution in [3.8, 4) is 6.07 Å². The highest BCUT2D eigenvalue weighted by Crippen LogP contribution is 2.15. The molecule has 84 valence electrons. The second-order valence-electron chi connectivity index (χ2n) is 3.03. The Balaban J connectivity index is 2.57. The van der Waals surface area contributed by atoms with Gasteiger partial charge in [0.2, 0.25) is 0 Å². The van der Waals surface area contributed by atoms with E-state index >= 15 is 0 Å². The van der Waals surface area contributed by atoms with E-state index in [2.05, 4.69) is 15.4 Å². The van der Waals surface area contributed by atoms with Gasteiger partial charge in [0, 0.05) is 17.9 Å². The van der Waals surface area contributed by atoms with E-state index in [9.17, 15) is 4.79 Å². The van der Waals surface area contributed by atoms with Crippen LogP contribution in [0.4, 0.5) is 16.2 Å². The van der Waals surface area contributed by atoms with Gasteiger partial charge in [-0.05, 0) is 18.2 Å². The molecule has 0 saturated carbocycles. The number of nitriles is 1. The van der Waals surface area contributed by atoms with Crippen molar-refractivity contribution in [3.05, 3.63) is 24.3 Å². The second-order valence-corrected chi connectivity index (χ2v) is 3.03. The molecule has 1 amide bonds. The maximum Gasteiger partial charge on any atom is 0.411 e. The Hall–Kier alpha value is -2.22. The van der Waals surface area contributed by atoms with E-state index < -0.39 is 6.09 Å². The predicted molar refractivity (Wildman–Crippen MR) is 61.2 cm³/mol. The first-order chi connectivity index (χ1) is 7.76. The van der Waals surface area contributed by atoms with Gasteiger partial charge in [0.1, 0.15) is 0 Å². The lowest BCUT2D eigenvalue weighted by Crippen LogP contribution is -2.11. The third kappa shape index (κ3) is 3.88. The molecule has 0 fully saturated rings. The average Bonchev–Trinajstić information content (AvgIpc) is 2.30. The van der Waals surface area contributed by atoms with Gasteiger partial charge in [0.25, 0.3) is 0 Å². The maximum atomic E-state index is 11.0. The molecule has 1 rings (SSSR count). The molecule has 16 heavy (non-hydrogen) atoms. The molecule has 0 radical (unpaired) electrons. The molecule has 0 aromatic heterocycles. The Labute approximate surface area is 94.0 Å². The Morgan fingerprint density at radius 3 is 2.94 bits per heavy atom. The molecule has 0 heterocycles. The number of amides is 1. The van der Waals surface area contributed by atoms with Gasteiger partial charge >= 0.3 is 6.09 Å². The third-order valence-corrected chi connectivity index (χ3v) is 1.86. The normalized spacial score (nSPS) is 9.00. The molecule has 0 aliphatic carbocycles. The van der Waals surface area contributed by atoms with Gasteiger partial charge in [-0.15, -0.1) is 0 Å². The summed E-state index contributed by atoms with van der Waals surface area (Å²) < 4.78 is 4.48. The number of methoxy groups -OCH3 is 1. The van der Waals surface area contributed by atoms with Crippen molar-refractivity contribution < 1.29 is 9.53 Å². The third-order valence-electron chi connectivity index (χ3n) is 1.86. The largest absolute Gasteiger partial charge is 0.453 e. The van der Waals surface area contributed by atoms with Gasteiger partial charge in [0.05, 0.1) is 19.6 Å². The van der Waals surface area contributed by atoms with Crippen LogP contribution >= 0.6 is 0 Å². The molecule has 0 aliphatic rings. The quantitative estimate of drug-likeness (QED) is 0.761. The zero-order valence-corrected chi connectivity index (χ0v) is 8.99. The van der Waals surface area contributed by atoms with Crippen LogP contribution < -0.4 is 10.6 Å². The van der Waals surface area contributed by atoms with Crippen LogP contribution in [-0.2, 0) is 4.74 Å². The van der Waals surface area contributed by atoms with Gasteiger partial charge in [0.15, 0.2) is 0 Å². The minimum Gasteiger partial charge on any atom is -0.453 e. The molecule has 2 N–H and O–H groups in total. The molecular formula is C11H13N3O2. The lowest BCUT2D eigenvalue weighted by Gasteiger charge is -2.07. The zero-order chi connectivity index (χ0) is 11.8. The van der Waals surface area contributed by atoms with Crippen LogP contribution in [-0.4, -0.2) is 19.7 Å². The molecule has 0 atom stereocenters. The summed E-state index contributed by atoms with van der Waals surface area (Å²) in [5.41, 5.74) is 1.50. The Morgan fingerprint density at radius 2 is 2.25 bits per heavy atom. The minimum atomic E-state index is -0.505. The molecule has 1 aromatic rings. The van der Waals surface area contributed by atoms with Crippen LogP contribution in [0.25, 0.3) is 0 Å². The van der Waals surface area contributed by atoms with Crippen molar-refractivity contribution in [1.29, 1.82) is 5.26 Å². The number of hydrogen-bond acceptors (Lipinski definition) is 4. The van der Waals surface area contributed by atoms with E-state index in [4.69, 9.17) is 5.26 Å². The number of nitrogens with one attached hydrogen (secondary N) is 2. The number of carbonyl (C=O) groups is 1. The summed E-state index contributed by atoms with van der Waals surface area (Å²) in [4.78, 5) is 11.0. The summed E-state index contributed by atoms with van der Waals surface area (Å²) in [6, 6.07) is 9.24. The molecular weight excluding hydrogens is 206 g/mol. The van der Waals surface area contributed by atoms with Crippen molar-refractivity contribution in [3.63, 3.8) is 0 Å². The zero-order valence-electron chi connectivity index (χ0n) is 8.99. The topological polar surface area (TPSA) is 74.2 Å². The van der Waals surface area contributed by atoms with E-state index in [1.54, 1.807) is 18.2 Å².